The summed E-state index contributed by atoms with van der Waals surface area (Å²) in [4.78, 5) is 0. The fraction of sp³-hybridized carbons (Fsp3) is 0.538. The van der Waals surface area contributed by atoms with Gasteiger partial charge in [-0.3, -0.25) is 0 Å². The largest absolute Gasteiger partial charge is 0.385 e. The van der Waals surface area contributed by atoms with Gasteiger partial charge in [-0.15, -0.1) is 0 Å². The third-order valence-corrected chi connectivity index (χ3v) is 3.79. The van der Waals surface area contributed by atoms with E-state index in [1.165, 1.54) is 0 Å². The highest BCUT2D eigenvalue weighted by molar-refractivity contribution is 6.31. The van der Waals surface area contributed by atoms with Gasteiger partial charge in [0.1, 0.15) is 0 Å². The van der Waals surface area contributed by atoms with E-state index < -0.39 is 5.60 Å². The summed E-state index contributed by atoms with van der Waals surface area (Å²) in [7, 11) is 0. The van der Waals surface area contributed by atoms with Crippen LogP contribution in [0.1, 0.15) is 37.3 Å². The molecule has 1 aromatic rings. The van der Waals surface area contributed by atoms with Crippen molar-refractivity contribution in [3.8, 4) is 0 Å². The van der Waals surface area contributed by atoms with Crippen LogP contribution in [0.2, 0.25) is 5.02 Å². The quantitative estimate of drug-likeness (QED) is 0.831. The van der Waals surface area contributed by atoms with Gasteiger partial charge < -0.3 is 5.11 Å². The Morgan fingerprint density at radius 3 is 2.87 bits per heavy atom. The Bertz CT molecular complexity index is 375. The first kappa shape index (κ1) is 11.0. The van der Waals surface area contributed by atoms with E-state index in [9.17, 15) is 5.11 Å². The van der Waals surface area contributed by atoms with Gasteiger partial charge in [-0.05, 0) is 42.9 Å². The predicted octanol–water partition coefficient (Wildman–Crippen LogP) is 3.66. The van der Waals surface area contributed by atoms with Gasteiger partial charge in [-0.1, -0.05) is 37.1 Å². The fourth-order valence-corrected chi connectivity index (χ4v) is 2.39. The topological polar surface area (TPSA) is 20.2 Å². The summed E-state index contributed by atoms with van der Waals surface area (Å²) in [5.41, 5.74) is 1.51. The number of halogens is 1. The number of hydrogen-bond donors (Lipinski definition) is 1. The lowest BCUT2D eigenvalue weighted by molar-refractivity contribution is 0.129. The molecule has 2 heteroatoms. The Balaban J connectivity index is 2.21. The summed E-state index contributed by atoms with van der Waals surface area (Å²) in [6, 6.07) is 5.84. The first-order valence-corrected chi connectivity index (χ1v) is 5.94. The average molecular weight is 225 g/mol. The molecule has 0 saturated heterocycles. The molecule has 2 rings (SSSR count). The molecule has 0 radical (unpaired) electrons. The molecule has 0 heterocycles. The van der Waals surface area contributed by atoms with E-state index in [0.29, 0.717) is 5.92 Å². The van der Waals surface area contributed by atoms with Crippen LogP contribution in [0.5, 0.6) is 0 Å². The van der Waals surface area contributed by atoms with Crippen LogP contribution < -0.4 is 0 Å². The zero-order valence-corrected chi connectivity index (χ0v) is 10.0. The Morgan fingerprint density at radius 2 is 2.27 bits per heavy atom. The summed E-state index contributed by atoms with van der Waals surface area (Å²) < 4.78 is 0. The highest BCUT2D eigenvalue weighted by Crippen LogP contribution is 2.54. The second-order valence-corrected chi connectivity index (χ2v) is 4.99. The first-order valence-electron chi connectivity index (χ1n) is 5.57. The zero-order valence-electron chi connectivity index (χ0n) is 9.26. The van der Waals surface area contributed by atoms with Gasteiger partial charge in [-0.25, -0.2) is 0 Å². The monoisotopic (exact) mass is 224 g/mol. The molecule has 2 atom stereocenters. The van der Waals surface area contributed by atoms with E-state index in [-0.39, 0.29) is 0 Å². The van der Waals surface area contributed by atoms with Crippen molar-refractivity contribution in [2.24, 2.45) is 5.92 Å². The van der Waals surface area contributed by atoms with Crippen LogP contribution in [0.25, 0.3) is 0 Å². The van der Waals surface area contributed by atoms with Crippen LogP contribution in [0.4, 0.5) is 0 Å². The predicted molar refractivity (Wildman–Crippen MR) is 63.1 cm³/mol. The van der Waals surface area contributed by atoms with Crippen molar-refractivity contribution in [1.82, 2.24) is 0 Å². The molecule has 0 aromatic heterocycles. The van der Waals surface area contributed by atoms with Gasteiger partial charge in [0, 0.05) is 5.02 Å². The van der Waals surface area contributed by atoms with Crippen molar-refractivity contribution < 1.29 is 5.11 Å². The maximum Gasteiger partial charge on any atom is 0.0929 e. The maximum absolute atomic E-state index is 10.4. The van der Waals surface area contributed by atoms with Gasteiger partial charge in [0.2, 0.25) is 0 Å². The summed E-state index contributed by atoms with van der Waals surface area (Å²) in [6.45, 7) is 4.14. The van der Waals surface area contributed by atoms with E-state index in [2.05, 4.69) is 6.92 Å². The van der Waals surface area contributed by atoms with E-state index >= 15 is 0 Å². The summed E-state index contributed by atoms with van der Waals surface area (Å²) in [6.07, 6.45) is 3.15. The molecule has 82 valence electrons. The van der Waals surface area contributed by atoms with E-state index in [1.54, 1.807) is 0 Å². The molecule has 1 aromatic carbocycles. The van der Waals surface area contributed by atoms with Crippen molar-refractivity contribution in [3.63, 3.8) is 0 Å². The van der Waals surface area contributed by atoms with Crippen LogP contribution in [-0.4, -0.2) is 5.11 Å². The summed E-state index contributed by atoms with van der Waals surface area (Å²) in [5.74, 6) is 0.447. The van der Waals surface area contributed by atoms with E-state index in [1.807, 2.05) is 25.1 Å². The van der Waals surface area contributed by atoms with Crippen LogP contribution >= 0.6 is 11.6 Å². The standard InChI is InChI=1S/C13H17ClO/c1-3-4-11-8-13(11,15)10-5-6-12(14)9(2)7-10/h5-7,11,15H,3-4,8H2,1-2H3. The zero-order chi connectivity index (χ0) is 11.1. The van der Waals surface area contributed by atoms with Crippen molar-refractivity contribution in [2.75, 3.05) is 0 Å². The minimum Gasteiger partial charge on any atom is -0.385 e. The summed E-state index contributed by atoms with van der Waals surface area (Å²) in [5, 5.41) is 11.1. The minimum absolute atomic E-state index is 0.447. The molecule has 2 unspecified atom stereocenters. The average Bonchev–Trinajstić information content (AvgIpc) is 2.84. The van der Waals surface area contributed by atoms with Gasteiger partial charge in [0.15, 0.2) is 0 Å². The van der Waals surface area contributed by atoms with Gasteiger partial charge in [0.25, 0.3) is 0 Å². The normalized spacial score (nSPS) is 29.2. The summed E-state index contributed by atoms with van der Waals surface area (Å²) >= 11 is 5.97. The van der Waals surface area contributed by atoms with Crippen LogP contribution in [0.15, 0.2) is 18.2 Å². The van der Waals surface area contributed by atoms with Crippen LogP contribution in [0.3, 0.4) is 0 Å². The van der Waals surface area contributed by atoms with Gasteiger partial charge >= 0.3 is 0 Å². The first-order chi connectivity index (χ1) is 7.08. The van der Waals surface area contributed by atoms with E-state index in [0.717, 1.165) is 35.4 Å². The van der Waals surface area contributed by atoms with Gasteiger partial charge in [0.05, 0.1) is 5.60 Å². The Hall–Kier alpha value is -0.530. The Kier molecular flexibility index (Phi) is 2.78. The third kappa shape index (κ3) is 1.91. The lowest BCUT2D eigenvalue weighted by atomic mass is 10.0. The molecule has 0 bridgehead atoms. The maximum atomic E-state index is 10.4. The molecule has 1 nitrogen and oxygen atoms in total. The molecule has 1 N–H and O–H groups in total. The number of aryl methyl sites for hydroxylation is 1. The third-order valence-electron chi connectivity index (χ3n) is 3.37. The lowest BCUT2D eigenvalue weighted by Gasteiger charge is -2.12. The van der Waals surface area contributed by atoms with Crippen LogP contribution in [0, 0.1) is 12.8 Å². The highest BCUT2D eigenvalue weighted by Gasteiger charge is 2.53. The molecule has 1 aliphatic rings. The molecule has 1 fully saturated rings. The molecular formula is C13H17ClO. The second kappa shape index (κ2) is 3.80. The molecule has 1 aliphatic carbocycles. The molecule has 0 spiro atoms. The van der Waals surface area contributed by atoms with Crippen molar-refractivity contribution in [2.45, 2.75) is 38.7 Å². The Labute approximate surface area is 96.1 Å². The van der Waals surface area contributed by atoms with Crippen molar-refractivity contribution in [3.05, 3.63) is 34.3 Å². The highest BCUT2D eigenvalue weighted by atomic mass is 35.5. The van der Waals surface area contributed by atoms with E-state index in [4.69, 9.17) is 11.6 Å². The molecule has 0 aliphatic heterocycles. The van der Waals surface area contributed by atoms with Gasteiger partial charge in [-0.2, -0.15) is 0 Å². The van der Waals surface area contributed by atoms with Crippen LogP contribution in [-0.2, 0) is 5.60 Å². The second-order valence-electron chi connectivity index (χ2n) is 4.58. The molecular weight excluding hydrogens is 208 g/mol. The van der Waals surface area contributed by atoms with Crippen molar-refractivity contribution >= 4 is 11.6 Å². The minimum atomic E-state index is -0.564. The molecule has 15 heavy (non-hydrogen) atoms. The SMILES string of the molecule is CCCC1CC1(O)c1ccc(Cl)c(C)c1. The van der Waals surface area contributed by atoms with Crippen molar-refractivity contribution in [1.29, 1.82) is 0 Å². The molecule has 1 saturated carbocycles. The Morgan fingerprint density at radius 1 is 1.53 bits per heavy atom. The lowest BCUT2D eigenvalue weighted by Crippen LogP contribution is -2.08. The smallest absolute Gasteiger partial charge is 0.0929 e. The fourth-order valence-electron chi connectivity index (χ4n) is 2.27. The number of rotatable bonds is 3. The number of hydrogen-bond acceptors (Lipinski definition) is 1. The number of aliphatic hydroxyl groups is 1. The molecule has 0 amide bonds. The number of benzene rings is 1.